The summed E-state index contributed by atoms with van der Waals surface area (Å²) in [7, 11) is -3.82. The van der Waals surface area contributed by atoms with Crippen LogP contribution < -0.4 is 4.72 Å². The van der Waals surface area contributed by atoms with E-state index in [4.69, 9.17) is 0 Å². The number of sulfonamides is 1. The topological polar surface area (TPSA) is 66.4 Å². The fourth-order valence-corrected chi connectivity index (χ4v) is 4.04. The van der Waals surface area contributed by atoms with Gasteiger partial charge in [-0.2, -0.15) is 0 Å². The van der Waals surface area contributed by atoms with E-state index in [-0.39, 0.29) is 16.0 Å². The number of halogens is 2. The van der Waals surface area contributed by atoms with Crippen LogP contribution in [0.3, 0.4) is 0 Å². The van der Waals surface area contributed by atoms with E-state index in [9.17, 15) is 17.9 Å². The molecule has 1 aromatic carbocycles. The predicted octanol–water partition coefficient (Wildman–Crippen LogP) is 2.17. The van der Waals surface area contributed by atoms with Gasteiger partial charge < -0.3 is 5.11 Å². The molecule has 0 atom stereocenters. The van der Waals surface area contributed by atoms with Crippen molar-refractivity contribution in [1.82, 2.24) is 4.72 Å². The highest BCUT2D eigenvalue weighted by Crippen LogP contribution is 2.31. The van der Waals surface area contributed by atoms with E-state index in [0.717, 1.165) is 18.9 Å². The third-order valence-electron chi connectivity index (χ3n) is 3.42. The first-order valence-electron chi connectivity index (χ1n) is 5.98. The molecule has 1 aliphatic rings. The molecule has 1 saturated carbocycles. The number of aliphatic hydroxyl groups excluding tert-OH is 1. The maximum Gasteiger partial charge on any atom is 0.241 e. The van der Waals surface area contributed by atoms with Crippen molar-refractivity contribution in [1.29, 1.82) is 0 Å². The van der Waals surface area contributed by atoms with Gasteiger partial charge in [-0.3, -0.25) is 0 Å². The van der Waals surface area contributed by atoms with Gasteiger partial charge in [-0.25, -0.2) is 17.5 Å². The summed E-state index contributed by atoms with van der Waals surface area (Å²) in [6.45, 7) is -0.245. The molecular weight excluding hydrogens is 337 g/mol. The Balaban J connectivity index is 2.29. The maximum absolute atomic E-state index is 13.4. The fraction of sp³-hybridized carbons (Fsp3) is 0.500. The van der Waals surface area contributed by atoms with Crippen LogP contribution in [-0.2, 0) is 10.0 Å². The number of hydrogen-bond acceptors (Lipinski definition) is 3. The lowest BCUT2D eigenvalue weighted by molar-refractivity contribution is 0.185. The van der Waals surface area contributed by atoms with Gasteiger partial charge in [-0.15, -0.1) is 0 Å². The van der Waals surface area contributed by atoms with E-state index in [1.165, 1.54) is 12.1 Å². The molecule has 7 heteroatoms. The first-order valence-corrected chi connectivity index (χ1v) is 8.26. The van der Waals surface area contributed by atoms with Crippen LogP contribution in [-0.4, -0.2) is 25.7 Å². The second-order valence-electron chi connectivity index (χ2n) is 4.83. The van der Waals surface area contributed by atoms with Crippen molar-refractivity contribution >= 4 is 26.0 Å². The maximum atomic E-state index is 13.4. The van der Waals surface area contributed by atoms with Crippen LogP contribution in [0.2, 0.25) is 0 Å². The molecule has 0 saturated heterocycles. The summed E-state index contributed by atoms with van der Waals surface area (Å²) in [6, 6.07) is 3.64. The molecule has 2 N–H and O–H groups in total. The Labute approximate surface area is 120 Å². The third kappa shape index (κ3) is 3.16. The molecule has 19 heavy (non-hydrogen) atoms. The van der Waals surface area contributed by atoms with Crippen molar-refractivity contribution in [2.45, 2.75) is 36.1 Å². The molecule has 106 valence electrons. The van der Waals surface area contributed by atoms with Gasteiger partial charge in [0.1, 0.15) is 5.82 Å². The molecule has 2 rings (SSSR count). The summed E-state index contributed by atoms with van der Waals surface area (Å²) in [5, 5.41) is 9.42. The van der Waals surface area contributed by atoms with E-state index in [1.807, 2.05) is 0 Å². The number of benzene rings is 1. The molecule has 0 aliphatic heterocycles. The Kier molecular flexibility index (Phi) is 4.29. The molecule has 0 aromatic heterocycles. The van der Waals surface area contributed by atoms with Crippen LogP contribution in [0.5, 0.6) is 0 Å². The molecular formula is C12H15BrFNO3S. The zero-order valence-corrected chi connectivity index (χ0v) is 12.6. The Morgan fingerprint density at radius 1 is 1.37 bits per heavy atom. The minimum atomic E-state index is -3.82. The minimum Gasteiger partial charge on any atom is -0.394 e. The van der Waals surface area contributed by atoms with Gasteiger partial charge >= 0.3 is 0 Å². The van der Waals surface area contributed by atoms with E-state index in [1.54, 1.807) is 0 Å². The molecule has 1 aliphatic carbocycles. The van der Waals surface area contributed by atoms with Gasteiger partial charge in [0.05, 0.1) is 21.5 Å². The summed E-state index contributed by atoms with van der Waals surface area (Å²) >= 11 is 2.98. The van der Waals surface area contributed by atoms with Crippen molar-refractivity contribution in [3.8, 4) is 0 Å². The number of aliphatic hydroxyl groups is 1. The fourth-order valence-electron chi connectivity index (χ4n) is 2.33. The van der Waals surface area contributed by atoms with Gasteiger partial charge in [0.2, 0.25) is 10.0 Å². The highest BCUT2D eigenvalue weighted by atomic mass is 79.9. The second kappa shape index (κ2) is 5.47. The smallest absolute Gasteiger partial charge is 0.241 e. The van der Waals surface area contributed by atoms with Crippen LogP contribution in [0.4, 0.5) is 4.39 Å². The lowest BCUT2D eigenvalue weighted by Gasteiger charge is -2.27. The van der Waals surface area contributed by atoms with Crippen LogP contribution in [0, 0.1) is 5.82 Å². The Morgan fingerprint density at radius 2 is 2.00 bits per heavy atom. The molecule has 0 radical (unpaired) electrons. The second-order valence-corrected chi connectivity index (χ2v) is 7.36. The lowest BCUT2D eigenvalue weighted by Crippen LogP contribution is -2.49. The van der Waals surface area contributed by atoms with Gasteiger partial charge in [0.25, 0.3) is 0 Å². The van der Waals surface area contributed by atoms with Crippen LogP contribution in [0.25, 0.3) is 0 Å². The average molecular weight is 352 g/mol. The molecule has 0 unspecified atom stereocenters. The van der Waals surface area contributed by atoms with E-state index in [2.05, 4.69) is 20.7 Å². The normalized spacial score (nSPS) is 18.7. The Morgan fingerprint density at radius 3 is 2.53 bits per heavy atom. The summed E-state index contributed by atoms with van der Waals surface area (Å²) < 4.78 is 40.6. The first kappa shape index (κ1) is 14.9. The molecule has 0 bridgehead atoms. The monoisotopic (exact) mass is 351 g/mol. The standard InChI is InChI=1S/C12H15BrFNO3S/c13-10-4-3-9(7-11(10)14)19(17,18)15-12(8-16)5-1-2-6-12/h3-4,7,15-16H,1-2,5-6,8H2. The lowest BCUT2D eigenvalue weighted by atomic mass is 10.0. The summed E-state index contributed by atoms with van der Waals surface area (Å²) in [4.78, 5) is -0.132. The predicted molar refractivity (Wildman–Crippen MR) is 72.7 cm³/mol. The zero-order valence-electron chi connectivity index (χ0n) is 10.2. The van der Waals surface area contributed by atoms with Crippen molar-refractivity contribution in [2.75, 3.05) is 6.61 Å². The van der Waals surface area contributed by atoms with Crippen LogP contribution in [0.1, 0.15) is 25.7 Å². The number of rotatable bonds is 4. The summed E-state index contributed by atoms with van der Waals surface area (Å²) in [6.07, 6.45) is 2.94. The highest BCUT2D eigenvalue weighted by Gasteiger charge is 2.37. The number of nitrogens with one attached hydrogen (secondary N) is 1. The third-order valence-corrected chi connectivity index (χ3v) is 5.63. The summed E-state index contributed by atoms with van der Waals surface area (Å²) in [5.74, 6) is -0.632. The average Bonchev–Trinajstić information content (AvgIpc) is 2.81. The van der Waals surface area contributed by atoms with E-state index >= 15 is 0 Å². The van der Waals surface area contributed by atoms with Crippen molar-refractivity contribution in [3.05, 3.63) is 28.5 Å². The Hall–Kier alpha value is -0.500. The minimum absolute atomic E-state index is 0.132. The summed E-state index contributed by atoms with van der Waals surface area (Å²) in [5.41, 5.74) is -0.803. The molecule has 0 spiro atoms. The van der Waals surface area contributed by atoms with Crippen molar-refractivity contribution in [2.24, 2.45) is 0 Å². The highest BCUT2D eigenvalue weighted by molar-refractivity contribution is 9.10. The Bertz CT molecular complexity index is 570. The van der Waals surface area contributed by atoms with E-state index < -0.39 is 21.4 Å². The van der Waals surface area contributed by atoms with Gasteiger partial charge in [0.15, 0.2) is 0 Å². The quantitative estimate of drug-likeness (QED) is 0.873. The van der Waals surface area contributed by atoms with Crippen molar-refractivity contribution < 1.29 is 17.9 Å². The van der Waals surface area contributed by atoms with Crippen molar-refractivity contribution in [3.63, 3.8) is 0 Å². The van der Waals surface area contributed by atoms with Gasteiger partial charge in [-0.1, -0.05) is 12.8 Å². The molecule has 1 fully saturated rings. The number of hydrogen-bond donors (Lipinski definition) is 2. The van der Waals surface area contributed by atoms with Gasteiger partial charge in [0, 0.05) is 0 Å². The van der Waals surface area contributed by atoms with E-state index in [0.29, 0.717) is 12.8 Å². The molecule has 1 aromatic rings. The molecule has 0 heterocycles. The molecule has 0 amide bonds. The first-order chi connectivity index (χ1) is 8.88. The zero-order chi connectivity index (χ0) is 14.1. The van der Waals surface area contributed by atoms with Gasteiger partial charge in [-0.05, 0) is 47.0 Å². The molecule has 4 nitrogen and oxygen atoms in total. The van der Waals surface area contributed by atoms with Crippen LogP contribution >= 0.6 is 15.9 Å². The SMILES string of the molecule is O=S(=O)(NC1(CO)CCCC1)c1ccc(Br)c(F)c1. The van der Waals surface area contributed by atoms with Crippen LogP contribution in [0.15, 0.2) is 27.6 Å². The largest absolute Gasteiger partial charge is 0.394 e.